The molecule has 1 heterocycles. The molecule has 1 aromatic carbocycles. The average molecular weight is 1140 g/mol. The van der Waals surface area contributed by atoms with E-state index in [9.17, 15) is 82.8 Å². The molecule has 0 bridgehead atoms. The minimum Gasteiger partial charge on any atom is -0.508 e. The molecule has 12 atom stereocenters. The van der Waals surface area contributed by atoms with Crippen LogP contribution in [0, 0.1) is 5.92 Å². The van der Waals surface area contributed by atoms with Gasteiger partial charge in [0.15, 0.2) is 0 Å². The molecule has 30 nitrogen and oxygen atoms in total. The lowest BCUT2D eigenvalue weighted by atomic mass is 9.98. The maximum absolute atomic E-state index is 13.8. The monoisotopic (exact) mass is 1140 g/mol. The van der Waals surface area contributed by atoms with Crippen LogP contribution in [-0.2, 0) is 68.7 Å². The molecular weight excluding hydrogens is 1060 g/mol. The Morgan fingerprint density at radius 1 is 0.684 bits per heavy atom. The van der Waals surface area contributed by atoms with Gasteiger partial charge in [-0.1, -0.05) is 32.4 Å². The molecule has 440 valence electrons. The first-order valence-electron chi connectivity index (χ1n) is 25.2. The van der Waals surface area contributed by atoms with Crippen LogP contribution >= 0.6 is 11.8 Å². The molecule has 0 unspecified atom stereocenters. The highest BCUT2D eigenvalue weighted by atomic mass is 32.2. The van der Waals surface area contributed by atoms with Crippen molar-refractivity contribution >= 4 is 88.6 Å². The second-order valence-electron chi connectivity index (χ2n) is 18.9. The first kappa shape index (κ1) is 67.5. The summed E-state index contributed by atoms with van der Waals surface area (Å²) in [6, 6.07) is -9.31. The third-order valence-corrected chi connectivity index (χ3v) is 13.2. The standard InChI is InChI=1S/C48H75N13O17S/c1-7-22(2)37(51)45(74)57-30(18-34(49)65)41(70)56-29(17-26-10-12-27(64)13-11-26)42(71)60-38(25(5)63)46(75)52-20-36(67)53-23(3)39(68)59-32(21-62)43(72)55-28(14-16-79-6)40(69)58-31(19-35(50)66)47(76)61-15-8-9-33(61)44(73)54-24(4)48(77)78/h10-13,22-25,28-33,37-38,62-64H,7-9,14-21,51H2,1-6H3,(H2,49,65)(H2,50,66)(H,52,75)(H,53,67)(H,54,73)(H,55,72)(H,56,70)(H,57,74)(H,58,69)(H,59,68)(H,60,71)(H,77,78)/t22-,23-,24-,25+,28-,29-,30-,31-,32-,33-,37-,38-/m0/s1. The van der Waals surface area contributed by atoms with Gasteiger partial charge in [0.1, 0.15) is 60.1 Å². The molecule has 0 saturated carbocycles. The number of likely N-dealkylation sites (tertiary alicyclic amines) is 1. The number of rotatable bonds is 33. The van der Waals surface area contributed by atoms with Crippen LogP contribution in [0.2, 0.25) is 0 Å². The molecular formula is C48H75N13O17S. The Morgan fingerprint density at radius 2 is 1.22 bits per heavy atom. The third-order valence-electron chi connectivity index (χ3n) is 12.5. The maximum atomic E-state index is 13.8. The van der Waals surface area contributed by atoms with E-state index in [-0.39, 0.29) is 43.2 Å². The number of phenolic OH excluding ortho intramolecular Hbond substituents is 1. The van der Waals surface area contributed by atoms with Gasteiger partial charge in [0, 0.05) is 13.0 Å². The summed E-state index contributed by atoms with van der Waals surface area (Å²) in [6.45, 7) is 5.13. The fraction of sp³-hybridized carbons (Fsp3) is 0.604. The number of carbonyl (C=O) groups excluding carboxylic acids is 12. The third kappa shape index (κ3) is 22.3. The van der Waals surface area contributed by atoms with Crippen molar-refractivity contribution in [1.29, 1.82) is 0 Å². The lowest BCUT2D eigenvalue weighted by Crippen LogP contribution is -2.61. The van der Waals surface area contributed by atoms with Gasteiger partial charge in [0.05, 0.1) is 38.1 Å². The molecule has 19 N–H and O–H groups in total. The molecule has 12 amide bonds. The van der Waals surface area contributed by atoms with Crippen LogP contribution in [0.25, 0.3) is 0 Å². The van der Waals surface area contributed by atoms with E-state index < -0.39 is 169 Å². The number of phenols is 1. The van der Waals surface area contributed by atoms with E-state index in [1.165, 1.54) is 49.9 Å². The van der Waals surface area contributed by atoms with Crippen LogP contribution < -0.4 is 65.1 Å². The van der Waals surface area contributed by atoms with Crippen LogP contribution in [0.5, 0.6) is 5.75 Å². The number of primary amides is 2. The molecule has 1 saturated heterocycles. The van der Waals surface area contributed by atoms with Crippen molar-refractivity contribution in [2.75, 3.05) is 31.7 Å². The van der Waals surface area contributed by atoms with Crippen LogP contribution in [0.1, 0.15) is 78.7 Å². The minimum atomic E-state index is -1.79. The Balaban J connectivity index is 2.16. The van der Waals surface area contributed by atoms with Crippen molar-refractivity contribution in [3.8, 4) is 5.75 Å². The van der Waals surface area contributed by atoms with E-state index in [1.54, 1.807) is 20.1 Å². The van der Waals surface area contributed by atoms with Gasteiger partial charge in [-0.2, -0.15) is 11.8 Å². The van der Waals surface area contributed by atoms with Gasteiger partial charge in [-0.3, -0.25) is 62.3 Å². The molecule has 1 fully saturated rings. The number of amides is 12. The van der Waals surface area contributed by atoms with Gasteiger partial charge < -0.3 is 90.4 Å². The number of nitrogens with two attached hydrogens (primary N) is 3. The van der Waals surface area contributed by atoms with Crippen molar-refractivity contribution in [2.45, 2.75) is 146 Å². The van der Waals surface area contributed by atoms with Crippen molar-refractivity contribution < 1.29 is 82.8 Å². The average Bonchev–Trinajstić information content (AvgIpc) is 3.90. The van der Waals surface area contributed by atoms with Gasteiger partial charge in [-0.05, 0) is 75.7 Å². The SMILES string of the molecule is CC[C@H](C)[C@H](N)C(=O)N[C@@H](CC(N)=O)C(=O)N[C@@H](Cc1ccc(O)cc1)C(=O)N[C@H](C(=O)NCC(=O)N[C@@H](C)C(=O)N[C@@H](CO)C(=O)N[C@@H](CCSC)C(=O)N[C@@H](CC(N)=O)C(=O)N1CCC[C@H]1C(=O)N[C@@H](C)C(=O)O)[C@@H](C)O. The molecule has 1 aliphatic rings. The lowest BCUT2D eigenvalue weighted by Gasteiger charge is -2.30. The van der Waals surface area contributed by atoms with Gasteiger partial charge in [0.2, 0.25) is 70.9 Å². The predicted octanol–water partition coefficient (Wildman–Crippen LogP) is -6.70. The number of carboxylic acids is 1. The van der Waals surface area contributed by atoms with Gasteiger partial charge in [-0.15, -0.1) is 0 Å². The maximum Gasteiger partial charge on any atom is 0.325 e. The van der Waals surface area contributed by atoms with E-state index in [2.05, 4.69) is 47.9 Å². The highest BCUT2D eigenvalue weighted by Crippen LogP contribution is 2.20. The Hall–Kier alpha value is -7.64. The number of carboxylic acid groups (broad SMARTS) is 1. The summed E-state index contributed by atoms with van der Waals surface area (Å²) >= 11 is 1.27. The smallest absolute Gasteiger partial charge is 0.325 e. The Morgan fingerprint density at radius 3 is 1.77 bits per heavy atom. The Bertz CT molecular complexity index is 2360. The van der Waals surface area contributed by atoms with E-state index >= 15 is 0 Å². The number of thioether (sulfide) groups is 1. The number of aromatic hydroxyl groups is 1. The summed E-state index contributed by atoms with van der Waals surface area (Å²) in [5.41, 5.74) is 17.1. The van der Waals surface area contributed by atoms with E-state index in [1.807, 2.05) is 0 Å². The molecule has 79 heavy (non-hydrogen) atoms. The quantitative estimate of drug-likeness (QED) is 0.0311. The molecule has 1 aliphatic heterocycles. The molecule has 0 aliphatic carbocycles. The Labute approximate surface area is 459 Å². The topological polar surface area (TPSA) is 492 Å². The zero-order chi connectivity index (χ0) is 59.8. The summed E-state index contributed by atoms with van der Waals surface area (Å²) in [7, 11) is 0. The lowest BCUT2D eigenvalue weighted by molar-refractivity contribution is -0.145. The number of nitrogens with zero attached hydrogens (tertiary/aromatic N) is 1. The van der Waals surface area contributed by atoms with Crippen molar-refractivity contribution in [1.82, 2.24) is 52.8 Å². The molecule has 1 aromatic rings. The molecule has 0 radical (unpaired) electrons. The largest absolute Gasteiger partial charge is 0.508 e. The number of carbonyl (C=O) groups is 13. The number of aliphatic hydroxyl groups excluding tert-OH is 2. The van der Waals surface area contributed by atoms with E-state index in [4.69, 9.17) is 17.2 Å². The highest BCUT2D eigenvalue weighted by molar-refractivity contribution is 7.98. The first-order valence-corrected chi connectivity index (χ1v) is 26.6. The van der Waals surface area contributed by atoms with Crippen LogP contribution in [0.4, 0.5) is 0 Å². The number of benzene rings is 1. The number of aliphatic hydroxyl groups is 2. The van der Waals surface area contributed by atoms with E-state index in [0.29, 0.717) is 18.4 Å². The van der Waals surface area contributed by atoms with Crippen LogP contribution in [-0.4, -0.2) is 200 Å². The van der Waals surface area contributed by atoms with Crippen LogP contribution in [0.15, 0.2) is 24.3 Å². The summed E-state index contributed by atoms with van der Waals surface area (Å²) in [5, 5.41) is 60.6. The van der Waals surface area contributed by atoms with Crippen molar-refractivity contribution in [3.05, 3.63) is 29.8 Å². The highest BCUT2D eigenvalue weighted by Gasteiger charge is 2.40. The Kier molecular flexibility index (Phi) is 28.1. The summed E-state index contributed by atoms with van der Waals surface area (Å²) in [4.78, 5) is 170. The number of nitrogens with one attached hydrogen (secondary N) is 9. The van der Waals surface area contributed by atoms with Crippen molar-refractivity contribution in [2.24, 2.45) is 23.1 Å². The number of hydrogen-bond acceptors (Lipinski definition) is 18. The minimum absolute atomic E-state index is 0.0177. The van der Waals surface area contributed by atoms with Gasteiger partial charge in [-0.25, -0.2) is 0 Å². The fourth-order valence-corrected chi connectivity index (χ4v) is 8.12. The number of aliphatic carboxylic acids is 1. The molecule has 0 aromatic heterocycles. The summed E-state index contributed by atoms with van der Waals surface area (Å²) < 4.78 is 0. The number of hydrogen-bond donors (Lipinski definition) is 16. The summed E-state index contributed by atoms with van der Waals surface area (Å²) in [6.07, 6.45) is -0.773. The second kappa shape index (κ2) is 32.9. The van der Waals surface area contributed by atoms with Crippen molar-refractivity contribution in [3.63, 3.8) is 0 Å². The van der Waals surface area contributed by atoms with Gasteiger partial charge in [0.25, 0.3) is 0 Å². The fourth-order valence-electron chi connectivity index (χ4n) is 7.65. The van der Waals surface area contributed by atoms with Gasteiger partial charge >= 0.3 is 5.97 Å². The predicted molar refractivity (Wildman–Crippen MR) is 281 cm³/mol. The first-order chi connectivity index (χ1) is 37.0. The normalized spacial score (nSPS) is 17.1. The zero-order valence-corrected chi connectivity index (χ0v) is 45.5. The van der Waals surface area contributed by atoms with E-state index in [0.717, 1.165) is 11.8 Å². The molecule has 2 rings (SSSR count). The molecule has 31 heteroatoms. The second-order valence-corrected chi connectivity index (χ2v) is 19.9. The van der Waals surface area contributed by atoms with Crippen LogP contribution in [0.3, 0.4) is 0 Å². The summed E-state index contributed by atoms with van der Waals surface area (Å²) in [5.74, 6) is -13.3. The molecule has 0 spiro atoms. The zero-order valence-electron chi connectivity index (χ0n) is 44.7.